The van der Waals surface area contributed by atoms with E-state index in [2.05, 4.69) is 36.1 Å². The van der Waals surface area contributed by atoms with Crippen LogP contribution >= 0.6 is 0 Å². The van der Waals surface area contributed by atoms with Crippen molar-refractivity contribution in [3.63, 3.8) is 0 Å². The fourth-order valence-corrected chi connectivity index (χ4v) is 8.45. The molecule has 3 heterocycles. The van der Waals surface area contributed by atoms with Crippen LogP contribution in [0.25, 0.3) is 6.08 Å². The van der Waals surface area contributed by atoms with Gasteiger partial charge in [-0.15, -0.1) is 0 Å². The van der Waals surface area contributed by atoms with Crippen molar-refractivity contribution in [2.24, 2.45) is 5.92 Å². The fourth-order valence-electron chi connectivity index (χ4n) is 8.45. The number of likely N-dealkylation sites (N-methyl/N-ethyl adjacent to an activating group) is 1. The predicted molar refractivity (Wildman–Crippen MR) is 151 cm³/mol. The summed E-state index contributed by atoms with van der Waals surface area (Å²) in [6.07, 6.45) is 8.94. The third kappa shape index (κ3) is 3.53. The zero-order valence-electron chi connectivity index (χ0n) is 23.0. The highest BCUT2D eigenvalue weighted by Crippen LogP contribution is 2.66. The molecule has 4 aliphatic rings. The summed E-state index contributed by atoms with van der Waals surface area (Å²) >= 11 is 0. The number of benzene rings is 2. The first kappa shape index (κ1) is 25.4. The van der Waals surface area contributed by atoms with Gasteiger partial charge in [0.15, 0.2) is 11.5 Å². The first-order valence-corrected chi connectivity index (χ1v) is 14.3. The number of aromatic hydroxyl groups is 1. The van der Waals surface area contributed by atoms with Gasteiger partial charge in [0.25, 0.3) is 0 Å². The number of nitrogens with zero attached hydrogens (tertiary/aromatic N) is 2. The third-order valence-electron chi connectivity index (χ3n) is 10.2. The number of ether oxygens (including phenoxy) is 1. The summed E-state index contributed by atoms with van der Waals surface area (Å²) in [5.41, 5.74) is 2.49. The lowest BCUT2D eigenvalue weighted by atomic mass is 9.46. The summed E-state index contributed by atoms with van der Waals surface area (Å²) in [5.74, 6) is 0.451. The summed E-state index contributed by atoms with van der Waals surface area (Å²) in [6.45, 7) is 3.81. The number of hydrogen-bond donors (Lipinski definition) is 2. The number of furan rings is 1. The molecule has 40 heavy (non-hydrogen) atoms. The molecule has 2 aliphatic heterocycles. The fraction of sp³-hybridized carbons (Fsp3) is 0.424. The minimum absolute atomic E-state index is 0.0195. The molecule has 2 fully saturated rings. The second-order valence-electron chi connectivity index (χ2n) is 12.1. The lowest BCUT2D eigenvalue weighted by Gasteiger charge is -2.66. The van der Waals surface area contributed by atoms with E-state index < -0.39 is 17.1 Å². The van der Waals surface area contributed by atoms with Gasteiger partial charge in [0.05, 0.1) is 29.6 Å². The Labute approximate surface area is 234 Å². The molecule has 2 bridgehead atoms. The lowest BCUT2D eigenvalue weighted by Crippen LogP contribution is -2.79. The molecule has 1 spiro atoms. The van der Waals surface area contributed by atoms with Gasteiger partial charge in [-0.2, -0.15) is 0 Å². The SMILES string of the molecule is C[C@H]1C[C@@]2(O)[C@H]3Cc4ccc(O)c5c4[C@@]2(CCN3CCc2ccccc2)[C@@H](O5)[C@@H]1N(C)C(=O)/C=C/c1ccoc1. The van der Waals surface area contributed by atoms with Gasteiger partial charge in [0, 0.05) is 36.8 Å². The number of carbonyl (C=O) groups is 1. The Balaban J connectivity index is 1.26. The zero-order valence-corrected chi connectivity index (χ0v) is 23.0. The zero-order chi connectivity index (χ0) is 27.6. The average molecular weight is 541 g/mol. The summed E-state index contributed by atoms with van der Waals surface area (Å²) in [7, 11) is 1.83. The highest BCUT2D eigenvalue weighted by Gasteiger charge is 2.74. The molecule has 2 N–H and O–H groups in total. The minimum atomic E-state index is -1.04. The number of hydrogen-bond acceptors (Lipinski definition) is 6. The number of aliphatic hydroxyl groups is 1. The topological polar surface area (TPSA) is 86.4 Å². The number of carbonyl (C=O) groups excluding carboxylic acids is 1. The van der Waals surface area contributed by atoms with Crippen LogP contribution in [0.3, 0.4) is 0 Å². The number of phenolic OH excluding ortho intramolecular Hbond substituents is 1. The van der Waals surface area contributed by atoms with Crippen molar-refractivity contribution >= 4 is 12.0 Å². The predicted octanol–water partition coefficient (Wildman–Crippen LogP) is 4.17. The highest BCUT2D eigenvalue weighted by molar-refractivity contribution is 5.92. The summed E-state index contributed by atoms with van der Waals surface area (Å²) in [4.78, 5) is 17.7. The number of likely N-dealkylation sites (tertiary alicyclic amines) is 1. The quantitative estimate of drug-likeness (QED) is 0.457. The molecule has 7 rings (SSSR count). The van der Waals surface area contributed by atoms with Gasteiger partial charge in [-0.3, -0.25) is 9.69 Å². The van der Waals surface area contributed by atoms with Crippen molar-refractivity contribution in [2.75, 3.05) is 20.1 Å². The molecule has 3 aromatic rings. The van der Waals surface area contributed by atoms with Gasteiger partial charge in [0.2, 0.25) is 5.91 Å². The molecule has 2 aliphatic carbocycles. The van der Waals surface area contributed by atoms with Crippen molar-refractivity contribution in [3.05, 3.63) is 89.4 Å². The number of rotatable bonds is 6. The first-order valence-electron chi connectivity index (χ1n) is 14.3. The summed E-state index contributed by atoms with van der Waals surface area (Å²) < 4.78 is 11.8. The van der Waals surface area contributed by atoms with E-state index >= 15 is 0 Å². The van der Waals surface area contributed by atoms with Crippen LogP contribution < -0.4 is 4.74 Å². The van der Waals surface area contributed by atoms with E-state index in [0.29, 0.717) is 25.0 Å². The van der Waals surface area contributed by atoms with Crippen LogP contribution in [-0.2, 0) is 23.1 Å². The van der Waals surface area contributed by atoms with Crippen LogP contribution in [0.15, 0.2) is 71.6 Å². The van der Waals surface area contributed by atoms with E-state index in [1.54, 1.807) is 41.7 Å². The second-order valence-corrected chi connectivity index (χ2v) is 12.1. The molecule has 6 atom stereocenters. The Hall–Kier alpha value is -3.55. The number of amides is 1. The maximum absolute atomic E-state index is 13.4. The van der Waals surface area contributed by atoms with E-state index in [9.17, 15) is 15.0 Å². The van der Waals surface area contributed by atoms with Crippen LogP contribution in [0.4, 0.5) is 0 Å². The van der Waals surface area contributed by atoms with Crippen LogP contribution in [0, 0.1) is 5.92 Å². The van der Waals surface area contributed by atoms with Gasteiger partial charge < -0.3 is 24.3 Å². The smallest absolute Gasteiger partial charge is 0.246 e. The molecule has 1 aromatic heterocycles. The standard InChI is InChI=1S/C33H36N2O5/c1-21-19-33(38)26-18-24-9-10-25(36)30-28(24)32(33,14-16-35(26)15-12-22-6-4-3-5-7-22)31(40-30)29(21)34(2)27(37)11-8-23-13-17-39-20-23/h3-11,13,17,20-21,26,29,31,36,38H,12,14-16,18-19H2,1-2H3/b11-8+/t21-,26+,29+,31-,32-,33+/m0/s1. The van der Waals surface area contributed by atoms with Crippen LogP contribution in [0.5, 0.6) is 11.5 Å². The maximum Gasteiger partial charge on any atom is 0.246 e. The minimum Gasteiger partial charge on any atom is -0.504 e. The Kier molecular flexibility index (Phi) is 5.88. The van der Waals surface area contributed by atoms with E-state index in [4.69, 9.17) is 9.15 Å². The Morgan fingerprint density at radius 3 is 2.80 bits per heavy atom. The molecular formula is C33H36N2O5. The van der Waals surface area contributed by atoms with Crippen molar-refractivity contribution in [1.82, 2.24) is 9.80 Å². The van der Waals surface area contributed by atoms with Crippen molar-refractivity contribution in [2.45, 2.75) is 61.8 Å². The Bertz CT molecular complexity index is 1450. The average Bonchev–Trinajstić information content (AvgIpc) is 3.58. The molecule has 208 valence electrons. The van der Waals surface area contributed by atoms with Gasteiger partial charge >= 0.3 is 0 Å². The van der Waals surface area contributed by atoms with Crippen LogP contribution in [-0.4, -0.2) is 69.8 Å². The molecule has 0 unspecified atom stereocenters. The molecule has 7 heteroatoms. The second kappa shape index (κ2) is 9.25. The molecule has 1 saturated heterocycles. The molecular weight excluding hydrogens is 504 g/mol. The molecule has 1 amide bonds. The first-order chi connectivity index (χ1) is 19.3. The van der Waals surface area contributed by atoms with E-state index in [0.717, 1.165) is 36.2 Å². The van der Waals surface area contributed by atoms with Gasteiger partial charge in [0.1, 0.15) is 6.10 Å². The van der Waals surface area contributed by atoms with Crippen molar-refractivity contribution in [1.29, 1.82) is 0 Å². The number of phenols is 1. The molecule has 7 nitrogen and oxygen atoms in total. The normalized spacial score (nSPS) is 32.1. The molecule has 2 aromatic carbocycles. The van der Waals surface area contributed by atoms with Crippen molar-refractivity contribution < 1.29 is 24.2 Å². The third-order valence-corrected chi connectivity index (χ3v) is 10.2. The van der Waals surface area contributed by atoms with Gasteiger partial charge in [-0.05, 0) is 67.5 Å². The monoisotopic (exact) mass is 540 g/mol. The maximum atomic E-state index is 13.4. The van der Waals surface area contributed by atoms with Crippen molar-refractivity contribution in [3.8, 4) is 11.5 Å². The lowest BCUT2D eigenvalue weighted by molar-refractivity contribution is -0.211. The van der Waals surface area contributed by atoms with Gasteiger partial charge in [-0.1, -0.05) is 43.3 Å². The molecule has 0 radical (unpaired) electrons. The van der Waals surface area contributed by atoms with E-state index in [1.165, 1.54) is 5.56 Å². The Morgan fingerprint density at radius 2 is 2.02 bits per heavy atom. The summed E-state index contributed by atoms with van der Waals surface area (Å²) in [5, 5.41) is 23.8. The molecule has 1 saturated carbocycles. The van der Waals surface area contributed by atoms with E-state index in [1.807, 2.05) is 19.2 Å². The van der Waals surface area contributed by atoms with Gasteiger partial charge in [-0.25, -0.2) is 0 Å². The highest BCUT2D eigenvalue weighted by atomic mass is 16.5. The number of piperidine rings is 1. The van der Waals surface area contributed by atoms with Crippen LogP contribution in [0.1, 0.15) is 42.0 Å². The largest absolute Gasteiger partial charge is 0.504 e. The van der Waals surface area contributed by atoms with Crippen LogP contribution in [0.2, 0.25) is 0 Å². The summed E-state index contributed by atoms with van der Waals surface area (Å²) in [6, 6.07) is 15.7. The Morgan fingerprint density at radius 1 is 1.20 bits per heavy atom. The van der Waals surface area contributed by atoms with E-state index in [-0.39, 0.29) is 29.7 Å².